The molecule has 0 unspecified atom stereocenters. The number of aryl methyl sites for hydroxylation is 1. The zero-order chi connectivity index (χ0) is 12.0. The molecule has 0 saturated carbocycles. The fourth-order valence-electron chi connectivity index (χ4n) is 2.05. The lowest BCUT2D eigenvalue weighted by Crippen LogP contribution is -1.99. The third-order valence-electron chi connectivity index (χ3n) is 2.66. The molecule has 0 aromatic heterocycles. The molecular formula is C16H20. The number of allylic oxidation sites excluding steroid dienone is 3. The summed E-state index contributed by atoms with van der Waals surface area (Å²) in [6.45, 7) is 13.6. The Balaban J connectivity index is 3.26. The van der Waals surface area contributed by atoms with E-state index in [2.05, 4.69) is 38.8 Å². The molecule has 0 aliphatic heterocycles. The van der Waals surface area contributed by atoms with Crippen molar-refractivity contribution in [2.45, 2.75) is 26.2 Å². The molecular weight excluding hydrogens is 192 g/mol. The predicted molar refractivity (Wildman–Crippen MR) is 72.9 cm³/mol. The molecule has 0 N–H and O–H groups in total. The highest BCUT2D eigenvalue weighted by Crippen LogP contribution is 2.20. The molecule has 1 aromatic carbocycles. The molecule has 0 heterocycles. The van der Waals surface area contributed by atoms with E-state index in [-0.39, 0.29) is 0 Å². The van der Waals surface area contributed by atoms with Crippen LogP contribution in [0.15, 0.2) is 50.1 Å². The summed E-state index contributed by atoms with van der Waals surface area (Å²) in [7, 11) is 0. The molecule has 0 saturated heterocycles. The van der Waals surface area contributed by atoms with Gasteiger partial charge in [0.2, 0.25) is 0 Å². The van der Waals surface area contributed by atoms with Gasteiger partial charge in [-0.2, -0.15) is 0 Å². The average Bonchev–Trinajstić information content (AvgIpc) is 2.24. The van der Waals surface area contributed by atoms with Crippen molar-refractivity contribution in [1.82, 2.24) is 0 Å². The second kappa shape index (κ2) is 6.12. The Morgan fingerprint density at radius 2 is 1.31 bits per heavy atom. The van der Waals surface area contributed by atoms with E-state index < -0.39 is 0 Å². The lowest BCUT2D eigenvalue weighted by molar-refractivity contribution is 1.08. The molecule has 0 nitrogen and oxygen atoms in total. The Kier molecular flexibility index (Phi) is 4.78. The maximum absolute atomic E-state index is 3.83. The van der Waals surface area contributed by atoms with Crippen molar-refractivity contribution in [2.24, 2.45) is 0 Å². The number of rotatable bonds is 6. The van der Waals surface area contributed by atoms with Gasteiger partial charge in [0.25, 0.3) is 0 Å². The first-order valence-corrected chi connectivity index (χ1v) is 5.66. The van der Waals surface area contributed by atoms with Crippen molar-refractivity contribution in [3.63, 3.8) is 0 Å². The minimum absolute atomic E-state index is 0.923. The van der Waals surface area contributed by atoms with E-state index in [0.29, 0.717) is 0 Å². The zero-order valence-electron chi connectivity index (χ0n) is 10.1. The van der Waals surface area contributed by atoms with Gasteiger partial charge in [-0.15, -0.1) is 19.7 Å². The second-order valence-electron chi connectivity index (χ2n) is 4.04. The maximum atomic E-state index is 3.83. The van der Waals surface area contributed by atoms with Crippen LogP contribution < -0.4 is 0 Å². The van der Waals surface area contributed by atoms with Crippen LogP contribution in [-0.4, -0.2) is 0 Å². The van der Waals surface area contributed by atoms with Crippen molar-refractivity contribution in [3.8, 4) is 0 Å². The monoisotopic (exact) mass is 212 g/mol. The standard InChI is InChI=1S/C16H20/c1-5-8-14-11-13(4)12-15(9-6-2)16(14)10-7-3/h5-7,11-12H,1-3,8-10H2,4H3. The molecule has 16 heavy (non-hydrogen) atoms. The van der Waals surface area contributed by atoms with E-state index >= 15 is 0 Å². The second-order valence-corrected chi connectivity index (χ2v) is 4.04. The van der Waals surface area contributed by atoms with Crippen LogP contribution in [0.2, 0.25) is 0 Å². The molecule has 0 spiro atoms. The molecule has 84 valence electrons. The van der Waals surface area contributed by atoms with Crippen LogP contribution in [0.5, 0.6) is 0 Å². The molecule has 1 aromatic rings. The molecule has 0 bridgehead atoms. The van der Waals surface area contributed by atoms with Crippen LogP contribution in [0.4, 0.5) is 0 Å². The van der Waals surface area contributed by atoms with Crippen molar-refractivity contribution >= 4 is 0 Å². The van der Waals surface area contributed by atoms with Crippen LogP contribution in [0, 0.1) is 6.92 Å². The Hall–Kier alpha value is -1.56. The third-order valence-corrected chi connectivity index (χ3v) is 2.66. The highest BCUT2D eigenvalue weighted by atomic mass is 14.1. The van der Waals surface area contributed by atoms with Gasteiger partial charge in [-0.1, -0.05) is 35.9 Å². The molecule has 0 fully saturated rings. The first-order valence-electron chi connectivity index (χ1n) is 5.66. The summed E-state index contributed by atoms with van der Waals surface area (Å²) < 4.78 is 0. The van der Waals surface area contributed by atoms with Crippen LogP contribution in [0.3, 0.4) is 0 Å². The number of hydrogen-bond donors (Lipinski definition) is 0. The number of benzene rings is 1. The normalized spacial score (nSPS) is 9.81. The Morgan fingerprint density at radius 3 is 1.69 bits per heavy atom. The van der Waals surface area contributed by atoms with Gasteiger partial charge >= 0.3 is 0 Å². The van der Waals surface area contributed by atoms with Crippen LogP contribution in [-0.2, 0) is 19.3 Å². The minimum atomic E-state index is 0.923. The van der Waals surface area contributed by atoms with E-state index in [1.807, 2.05) is 18.2 Å². The van der Waals surface area contributed by atoms with Gasteiger partial charge in [0.15, 0.2) is 0 Å². The fraction of sp³-hybridized carbons (Fsp3) is 0.250. The van der Waals surface area contributed by atoms with Crippen molar-refractivity contribution in [2.75, 3.05) is 0 Å². The summed E-state index contributed by atoms with van der Waals surface area (Å²) >= 11 is 0. The topological polar surface area (TPSA) is 0 Å². The molecule has 0 atom stereocenters. The van der Waals surface area contributed by atoms with Crippen molar-refractivity contribution < 1.29 is 0 Å². The van der Waals surface area contributed by atoms with Gasteiger partial charge < -0.3 is 0 Å². The van der Waals surface area contributed by atoms with E-state index in [1.54, 1.807) is 0 Å². The van der Waals surface area contributed by atoms with E-state index in [0.717, 1.165) is 19.3 Å². The minimum Gasteiger partial charge on any atom is -0.103 e. The Bertz CT molecular complexity index is 365. The summed E-state index contributed by atoms with van der Waals surface area (Å²) in [5.41, 5.74) is 5.43. The van der Waals surface area contributed by atoms with E-state index in [9.17, 15) is 0 Å². The SMILES string of the molecule is C=CCc1cc(C)cc(CC=C)c1CC=C. The summed E-state index contributed by atoms with van der Waals surface area (Å²) in [4.78, 5) is 0. The van der Waals surface area contributed by atoms with E-state index in [4.69, 9.17) is 0 Å². The molecule has 1 rings (SSSR count). The average molecular weight is 212 g/mol. The largest absolute Gasteiger partial charge is 0.103 e. The lowest BCUT2D eigenvalue weighted by atomic mass is 9.92. The molecule has 0 aliphatic rings. The zero-order valence-corrected chi connectivity index (χ0v) is 10.1. The molecule has 0 heteroatoms. The quantitative estimate of drug-likeness (QED) is 0.620. The summed E-state index contributed by atoms with van der Waals surface area (Å²) in [6, 6.07) is 4.49. The van der Waals surface area contributed by atoms with Gasteiger partial charge in [-0.05, 0) is 42.9 Å². The summed E-state index contributed by atoms with van der Waals surface area (Å²) in [5.74, 6) is 0. The maximum Gasteiger partial charge on any atom is -0.00944 e. The fourth-order valence-corrected chi connectivity index (χ4v) is 2.05. The third kappa shape index (κ3) is 2.96. The van der Waals surface area contributed by atoms with Gasteiger partial charge in [0, 0.05) is 0 Å². The summed E-state index contributed by atoms with van der Waals surface area (Å²) in [5, 5.41) is 0. The highest BCUT2D eigenvalue weighted by molar-refractivity contribution is 5.42. The molecule has 0 amide bonds. The van der Waals surface area contributed by atoms with Crippen LogP contribution >= 0.6 is 0 Å². The predicted octanol–water partition coefficient (Wildman–Crippen LogP) is 4.18. The smallest absolute Gasteiger partial charge is 0.00944 e. The van der Waals surface area contributed by atoms with Crippen molar-refractivity contribution in [1.29, 1.82) is 0 Å². The lowest BCUT2D eigenvalue weighted by Gasteiger charge is -2.13. The van der Waals surface area contributed by atoms with Gasteiger partial charge in [0.05, 0.1) is 0 Å². The Labute approximate surface area is 99.0 Å². The van der Waals surface area contributed by atoms with Gasteiger partial charge in [0.1, 0.15) is 0 Å². The first-order chi connectivity index (χ1) is 7.72. The van der Waals surface area contributed by atoms with Crippen LogP contribution in [0.25, 0.3) is 0 Å². The van der Waals surface area contributed by atoms with Gasteiger partial charge in [-0.3, -0.25) is 0 Å². The Morgan fingerprint density at radius 1 is 0.875 bits per heavy atom. The first kappa shape index (κ1) is 12.5. The van der Waals surface area contributed by atoms with Crippen LogP contribution in [0.1, 0.15) is 22.3 Å². The molecule has 0 radical (unpaired) electrons. The van der Waals surface area contributed by atoms with E-state index in [1.165, 1.54) is 22.3 Å². The number of hydrogen-bond acceptors (Lipinski definition) is 0. The van der Waals surface area contributed by atoms with Gasteiger partial charge in [-0.25, -0.2) is 0 Å². The summed E-state index contributed by atoms with van der Waals surface area (Å²) in [6.07, 6.45) is 8.65. The van der Waals surface area contributed by atoms with Crippen molar-refractivity contribution in [3.05, 3.63) is 72.4 Å². The molecule has 0 aliphatic carbocycles. The highest BCUT2D eigenvalue weighted by Gasteiger charge is 2.06.